The Morgan fingerprint density at radius 1 is 1.26 bits per heavy atom. The van der Waals surface area contributed by atoms with Crippen molar-refractivity contribution in [3.63, 3.8) is 0 Å². The summed E-state index contributed by atoms with van der Waals surface area (Å²) in [5, 5.41) is 2.62. The number of halogens is 2. The fourth-order valence-corrected chi connectivity index (χ4v) is 2.76. The van der Waals surface area contributed by atoms with Gasteiger partial charge in [-0.2, -0.15) is 0 Å². The number of fused-ring (bicyclic) bond motifs is 1. The van der Waals surface area contributed by atoms with Crippen LogP contribution in [-0.4, -0.2) is 40.0 Å². The number of benzene rings is 1. The predicted molar refractivity (Wildman–Crippen MR) is 100 cm³/mol. The number of nitrogens with zero attached hydrogens (tertiary/aromatic N) is 4. The Balaban J connectivity index is 1.86. The molecular weight excluding hydrogens is 373 g/mol. The van der Waals surface area contributed by atoms with Crippen molar-refractivity contribution in [1.82, 2.24) is 19.9 Å². The second kappa shape index (κ2) is 7.71. The topological polar surface area (TPSA) is 80.2 Å². The third-order valence-electron chi connectivity index (χ3n) is 4.21. The molecule has 0 aliphatic carbocycles. The highest BCUT2D eigenvalue weighted by Crippen LogP contribution is 2.29. The van der Waals surface area contributed by atoms with Crippen LogP contribution in [0.4, 0.5) is 14.9 Å². The lowest BCUT2D eigenvalue weighted by molar-refractivity contribution is 0.208. The molecule has 0 aliphatic heterocycles. The number of nitrogens with one attached hydrogen (secondary N) is 1. The number of carbonyl (C=O) groups excluding carboxylic acids is 1. The van der Waals surface area contributed by atoms with Gasteiger partial charge in [-0.15, -0.1) is 0 Å². The van der Waals surface area contributed by atoms with Gasteiger partial charge in [0.15, 0.2) is 5.52 Å². The zero-order chi connectivity index (χ0) is 19.6. The van der Waals surface area contributed by atoms with Crippen LogP contribution < -0.4 is 10.1 Å². The summed E-state index contributed by atoms with van der Waals surface area (Å²) in [5.41, 5.74) is 2.22. The number of ether oxygens (including phenoxy) is 1. The molecule has 7 nitrogen and oxygen atoms in total. The molecular formula is C18H17ClFN5O2. The van der Waals surface area contributed by atoms with E-state index in [-0.39, 0.29) is 11.1 Å². The molecule has 1 aromatic carbocycles. The van der Waals surface area contributed by atoms with Crippen LogP contribution in [0, 0.1) is 5.82 Å². The van der Waals surface area contributed by atoms with Gasteiger partial charge in [0.25, 0.3) is 0 Å². The Hall–Kier alpha value is -3.00. The molecule has 2 aromatic heterocycles. The number of amides is 2. The SMILES string of the molecule is COc1ncc([C@@H](C)N(C)C(=O)Nc2ccc(F)c(Cl)c2)c2nccnc12. The number of urea groups is 1. The molecule has 0 saturated heterocycles. The lowest BCUT2D eigenvalue weighted by atomic mass is 10.1. The lowest BCUT2D eigenvalue weighted by Crippen LogP contribution is -2.33. The van der Waals surface area contributed by atoms with Gasteiger partial charge in [0.05, 0.1) is 18.2 Å². The number of aromatic nitrogens is 3. The van der Waals surface area contributed by atoms with Crippen LogP contribution in [-0.2, 0) is 0 Å². The quantitative estimate of drug-likeness (QED) is 0.728. The first-order valence-corrected chi connectivity index (χ1v) is 8.42. The maximum atomic E-state index is 13.3. The molecule has 0 unspecified atom stereocenters. The molecule has 1 atom stereocenters. The molecule has 0 bridgehead atoms. The summed E-state index contributed by atoms with van der Waals surface area (Å²) in [6, 6.07) is 3.23. The van der Waals surface area contributed by atoms with Gasteiger partial charge >= 0.3 is 6.03 Å². The maximum Gasteiger partial charge on any atom is 0.322 e. The summed E-state index contributed by atoms with van der Waals surface area (Å²) < 4.78 is 18.5. The number of pyridine rings is 1. The van der Waals surface area contributed by atoms with Crippen LogP contribution in [0.25, 0.3) is 11.0 Å². The molecule has 0 spiro atoms. The van der Waals surface area contributed by atoms with E-state index in [1.54, 1.807) is 25.6 Å². The molecule has 0 saturated carbocycles. The second-order valence-corrected chi connectivity index (χ2v) is 6.23. The predicted octanol–water partition coefficient (Wildman–Crippen LogP) is 4.05. The van der Waals surface area contributed by atoms with Gasteiger partial charge in [0, 0.05) is 36.9 Å². The van der Waals surface area contributed by atoms with Gasteiger partial charge in [-0.3, -0.25) is 4.98 Å². The van der Waals surface area contributed by atoms with Crippen molar-refractivity contribution in [1.29, 1.82) is 0 Å². The van der Waals surface area contributed by atoms with Crippen molar-refractivity contribution >= 4 is 34.4 Å². The normalized spacial score (nSPS) is 11.9. The third-order valence-corrected chi connectivity index (χ3v) is 4.50. The number of rotatable bonds is 4. The van der Waals surface area contributed by atoms with Crippen molar-refractivity contribution < 1.29 is 13.9 Å². The van der Waals surface area contributed by atoms with E-state index in [1.807, 2.05) is 6.92 Å². The van der Waals surface area contributed by atoms with E-state index in [2.05, 4.69) is 20.3 Å². The monoisotopic (exact) mass is 389 g/mol. The molecule has 0 aliphatic rings. The van der Waals surface area contributed by atoms with Gasteiger partial charge < -0.3 is 15.0 Å². The molecule has 0 fully saturated rings. The summed E-state index contributed by atoms with van der Waals surface area (Å²) >= 11 is 5.75. The van der Waals surface area contributed by atoms with E-state index in [0.29, 0.717) is 28.2 Å². The molecule has 2 heterocycles. The highest BCUT2D eigenvalue weighted by atomic mass is 35.5. The van der Waals surface area contributed by atoms with E-state index < -0.39 is 11.8 Å². The van der Waals surface area contributed by atoms with Crippen molar-refractivity contribution in [3.05, 3.63) is 53.2 Å². The Kier molecular flexibility index (Phi) is 5.36. The smallest absolute Gasteiger partial charge is 0.322 e. The second-order valence-electron chi connectivity index (χ2n) is 5.82. The van der Waals surface area contributed by atoms with Gasteiger partial charge in [0.2, 0.25) is 5.88 Å². The number of methoxy groups -OCH3 is 1. The maximum absolute atomic E-state index is 13.3. The van der Waals surface area contributed by atoms with E-state index in [9.17, 15) is 9.18 Å². The number of anilines is 1. The number of hydrogen-bond acceptors (Lipinski definition) is 5. The van der Waals surface area contributed by atoms with Crippen molar-refractivity contribution in [2.45, 2.75) is 13.0 Å². The van der Waals surface area contributed by atoms with E-state index in [1.165, 1.54) is 30.2 Å². The minimum Gasteiger partial charge on any atom is -0.479 e. The summed E-state index contributed by atoms with van der Waals surface area (Å²) in [5.74, 6) is -0.187. The van der Waals surface area contributed by atoms with E-state index in [0.717, 1.165) is 0 Å². The molecule has 0 radical (unpaired) electrons. The summed E-state index contributed by atoms with van der Waals surface area (Å²) in [6.07, 6.45) is 4.73. The van der Waals surface area contributed by atoms with Crippen molar-refractivity contribution in [3.8, 4) is 5.88 Å². The Bertz CT molecular complexity index is 1000. The molecule has 3 aromatic rings. The van der Waals surface area contributed by atoms with E-state index in [4.69, 9.17) is 16.3 Å². The molecule has 2 amide bonds. The van der Waals surface area contributed by atoms with Crippen LogP contribution in [0.15, 0.2) is 36.8 Å². The Morgan fingerprint density at radius 2 is 1.96 bits per heavy atom. The molecule has 9 heteroatoms. The zero-order valence-electron chi connectivity index (χ0n) is 14.9. The minimum atomic E-state index is -0.550. The summed E-state index contributed by atoms with van der Waals surface area (Å²) in [6.45, 7) is 1.84. The Morgan fingerprint density at radius 3 is 2.63 bits per heavy atom. The molecule has 27 heavy (non-hydrogen) atoms. The molecule has 1 N–H and O–H groups in total. The van der Waals surface area contributed by atoms with Gasteiger partial charge in [-0.25, -0.2) is 19.2 Å². The van der Waals surface area contributed by atoms with Gasteiger partial charge in [0.1, 0.15) is 11.3 Å². The zero-order valence-corrected chi connectivity index (χ0v) is 15.7. The minimum absolute atomic E-state index is 0.0656. The van der Waals surface area contributed by atoms with Crippen LogP contribution in [0.2, 0.25) is 5.02 Å². The highest BCUT2D eigenvalue weighted by molar-refractivity contribution is 6.31. The highest BCUT2D eigenvalue weighted by Gasteiger charge is 2.22. The standard InChI is InChI=1S/C18H17ClFN5O2/c1-10(12-9-23-17(27-3)16-15(12)21-6-7-22-16)25(2)18(26)24-11-4-5-14(20)13(19)8-11/h4-10H,1-3H3,(H,24,26)/t10-/m1/s1. The fourth-order valence-electron chi connectivity index (χ4n) is 2.58. The molecule has 140 valence electrons. The largest absolute Gasteiger partial charge is 0.479 e. The number of hydrogen-bond donors (Lipinski definition) is 1. The average Bonchev–Trinajstić information content (AvgIpc) is 2.68. The first kappa shape index (κ1) is 18.8. The van der Waals surface area contributed by atoms with Crippen LogP contribution in [0.1, 0.15) is 18.5 Å². The summed E-state index contributed by atoms with van der Waals surface area (Å²) in [4.78, 5) is 26.9. The fraction of sp³-hybridized carbons (Fsp3) is 0.222. The van der Waals surface area contributed by atoms with Crippen molar-refractivity contribution in [2.24, 2.45) is 0 Å². The van der Waals surface area contributed by atoms with Crippen molar-refractivity contribution in [2.75, 3.05) is 19.5 Å². The Labute approximate surface area is 160 Å². The van der Waals surface area contributed by atoms with Gasteiger partial charge in [-0.1, -0.05) is 11.6 Å². The average molecular weight is 390 g/mol. The number of carbonyl (C=O) groups is 1. The van der Waals surface area contributed by atoms with Crippen LogP contribution in [0.3, 0.4) is 0 Å². The van der Waals surface area contributed by atoms with E-state index >= 15 is 0 Å². The van der Waals surface area contributed by atoms with Gasteiger partial charge in [-0.05, 0) is 25.1 Å². The lowest BCUT2D eigenvalue weighted by Gasteiger charge is -2.26. The molecule has 3 rings (SSSR count). The van der Waals surface area contributed by atoms with Crippen LogP contribution >= 0.6 is 11.6 Å². The van der Waals surface area contributed by atoms with Crippen LogP contribution in [0.5, 0.6) is 5.88 Å². The third kappa shape index (κ3) is 3.75. The first-order valence-electron chi connectivity index (χ1n) is 8.04. The summed E-state index contributed by atoms with van der Waals surface area (Å²) in [7, 11) is 3.14. The first-order chi connectivity index (χ1) is 12.9.